The molecule has 0 spiro atoms. The molecule has 6 heteroatoms. The fraction of sp³-hybridized carbons (Fsp3) is 0.333. The molecular formula is C18H20Cl3NSTi. The average molecular weight is 437 g/mol. The zero-order valence-corrected chi connectivity index (χ0v) is 19.0. The predicted molar refractivity (Wildman–Crippen MR) is 108 cm³/mol. The van der Waals surface area contributed by atoms with E-state index >= 15 is 0 Å². The van der Waals surface area contributed by atoms with E-state index in [4.69, 9.17) is 27.9 Å². The summed E-state index contributed by atoms with van der Waals surface area (Å²) in [5.74, 6) is 0. The van der Waals surface area contributed by atoms with E-state index in [1.165, 1.54) is 44.0 Å². The normalized spacial score (nSPS) is 21.1. The molecule has 128 valence electrons. The molecule has 0 fully saturated rings. The summed E-state index contributed by atoms with van der Waals surface area (Å²) in [6.07, 6.45) is 0. The van der Waals surface area contributed by atoms with Gasteiger partial charge in [0.05, 0.1) is 0 Å². The van der Waals surface area contributed by atoms with Crippen molar-refractivity contribution in [1.29, 1.82) is 0 Å². The Hall–Kier alpha value is 0.174. The summed E-state index contributed by atoms with van der Waals surface area (Å²) < 4.78 is -0.0109. The first-order valence-electron chi connectivity index (χ1n) is 7.77. The zero-order valence-electron chi connectivity index (χ0n) is 14.4. The Labute approximate surface area is 163 Å². The van der Waals surface area contributed by atoms with Crippen LogP contribution < -0.4 is 4.90 Å². The molecule has 0 N–H and O–H groups in total. The molecule has 1 heterocycles. The molecule has 1 aromatic carbocycles. The number of thioether (sulfide) groups is 1. The van der Waals surface area contributed by atoms with E-state index in [0.29, 0.717) is 0 Å². The summed E-state index contributed by atoms with van der Waals surface area (Å²) in [5.41, 5.74) is 8.86. The molecule has 24 heavy (non-hydrogen) atoms. The van der Waals surface area contributed by atoms with Crippen molar-refractivity contribution in [3.63, 3.8) is 0 Å². The van der Waals surface area contributed by atoms with E-state index in [9.17, 15) is 0 Å². The van der Waals surface area contributed by atoms with Gasteiger partial charge in [-0.3, -0.25) is 0 Å². The number of rotatable bonds is 3. The van der Waals surface area contributed by atoms with Crippen molar-refractivity contribution in [2.24, 2.45) is 0 Å². The standard InChI is InChI=1S/C18H20NS.3ClH.Ti/c1-11-12(2)17-16(10-20-18(17)13(11)3)14-6-8-15(9-7-14)19(4)5;;;;/h6-10H,1-5H3;3*1H;/q;;;;+3/p-3. The van der Waals surface area contributed by atoms with Crippen molar-refractivity contribution in [3.05, 3.63) is 57.0 Å². The first-order valence-corrected chi connectivity index (χ1v) is 16.0. The van der Waals surface area contributed by atoms with E-state index in [2.05, 4.69) is 49.9 Å². The van der Waals surface area contributed by atoms with Gasteiger partial charge in [-0.05, 0) is 0 Å². The number of allylic oxidation sites excluding steroid dienone is 4. The number of benzene rings is 1. The van der Waals surface area contributed by atoms with Crippen LogP contribution in [-0.4, -0.2) is 17.6 Å². The summed E-state index contributed by atoms with van der Waals surface area (Å²) in [5, 5.41) is 0. The molecule has 0 aromatic heterocycles. The minimum atomic E-state index is -3.44. The number of halogens is 3. The van der Waals surface area contributed by atoms with Gasteiger partial charge in [-0.1, -0.05) is 0 Å². The molecule has 1 aliphatic heterocycles. The van der Waals surface area contributed by atoms with E-state index in [1.54, 1.807) is 11.8 Å². The van der Waals surface area contributed by atoms with Crippen LogP contribution in [-0.2, 0) is 13.4 Å². The van der Waals surface area contributed by atoms with Crippen LogP contribution in [0.4, 0.5) is 5.69 Å². The maximum absolute atomic E-state index is 6.53. The third-order valence-corrected chi connectivity index (χ3v) is 13.7. The molecule has 1 nitrogen and oxygen atoms in total. The minimum absolute atomic E-state index is 0.0109. The van der Waals surface area contributed by atoms with E-state index in [1.807, 2.05) is 14.1 Å². The van der Waals surface area contributed by atoms with Gasteiger partial charge in [0.2, 0.25) is 0 Å². The topological polar surface area (TPSA) is 3.24 Å². The Morgan fingerprint density at radius 1 is 0.917 bits per heavy atom. The first-order chi connectivity index (χ1) is 11.1. The fourth-order valence-electron chi connectivity index (χ4n) is 3.24. The third kappa shape index (κ3) is 3.15. The molecule has 1 aromatic rings. The molecule has 0 bridgehead atoms. The molecular weight excluding hydrogens is 416 g/mol. The summed E-state index contributed by atoms with van der Waals surface area (Å²) in [7, 11) is 23.7. The second kappa shape index (κ2) is 6.72. The van der Waals surface area contributed by atoms with Crippen LogP contribution in [0.5, 0.6) is 0 Å². The Kier molecular flexibility index (Phi) is 5.31. The first kappa shape index (κ1) is 19.0. The van der Waals surface area contributed by atoms with Gasteiger partial charge in [-0.15, -0.1) is 0 Å². The Balaban J connectivity index is 2.20. The SMILES string of the molecule is CC1=C(C)C2=C(c3ccc(N(C)C)cc3)[CH]([Ti]([Cl])([Cl])[Cl])SC2=C1C. The Bertz CT molecular complexity index is 785. The molecule has 1 aliphatic carbocycles. The molecule has 3 rings (SSSR count). The summed E-state index contributed by atoms with van der Waals surface area (Å²) in [4.78, 5) is 3.40. The van der Waals surface area contributed by atoms with E-state index in [0.717, 1.165) is 0 Å². The second-order valence-corrected chi connectivity index (χ2v) is 20.6. The van der Waals surface area contributed by atoms with Crippen LogP contribution in [0.1, 0.15) is 26.3 Å². The second-order valence-electron chi connectivity index (χ2n) is 6.47. The van der Waals surface area contributed by atoms with Gasteiger partial charge >= 0.3 is 165 Å². The number of anilines is 1. The van der Waals surface area contributed by atoms with Crippen LogP contribution in [0.25, 0.3) is 5.57 Å². The van der Waals surface area contributed by atoms with Gasteiger partial charge in [0, 0.05) is 0 Å². The molecule has 1 unspecified atom stereocenters. The Morgan fingerprint density at radius 2 is 1.50 bits per heavy atom. The molecule has 0 radical (unpaired) electrons. The Morgan fingerprint density at radius 3 is 2.00 bits per heavy atom. The van der Waals surface area contributed by atoms with Gasteiger partial charge in [0.15, 0.2) is 0 Å². The van der Waals surface area contributed by atoms with E-state index < -0.39 is 13.4 Å². The van der Waals surface area contributed by atoms with Crippen LogP contribution in [0.15, 0.2) is 51.5 Å². The third-order valence-electron chi connectivity index (χ3n) is 4.83. The van der Waals surface area contributed by atoms with Crippen LogP contribution in [0.3, 0.4) is 0 Å². The monoisotopic (exact) mass is 435 g/mol. The van der Waals surface area contributed by atoms with Gasteiger partial charge < -0.3 is 0 Å². The quantitative estimate of drug-likeness (QED) is 0.478. The predicted octanol–water partition coefficient (Wildman–Crippen LogP) is 6.82. The summed E-state index contributed by atoms with van der Waals surface area (Å²) >= 11 is -1.68. The molecule has 1 atom stereocenters. The number of hydrogen-bond donors (Lipinski definition) is 0. The van der Waals surface area contributed by atoms with Crippen molar-refractivity contribution in [2.45, 2.75) is 24.3 Å². The number of hydrogen-bond acceptors (Lipinski definition) is 2. The van der Waals surface area contributed by atoms with Gasteiger partial charge in [-0.25, -0.2) is 0 Å². The molecule has 0 amide bonds. The van der Waals surface area contributed by atoms with Gasteiger partial charge in [0.1, 0.15) is 0 Å². The number of fused-ring (bicyclic) bond motifs is 1. The summed E-state index contributed by atoms with van der Waals surface area (Å²) in [6, 6.07) is 8.57. The van der Waals surface area contributed by atoms with Gasteiger partial charge in [0.25, 0.3) is 0 Å². The zero-order chi connectivity index (χ0) is 17.8. The van der Waals surface area contributed by atoms with Crippen LogP contribution >= 0.6 is 39.7 Å². The number of nitrogens with zero attached hydrogens (tertiary/aromatic N) is 1. The van der Waals surface area contributed by atoms with Crippen molar-refractivity contribution < 1.29 is 13.4 Å². The van der Waals surface area contributed by atoms with Crippen molar-refractivity contribution >= 4 is 50.9 Å². The maximum atomic E-state index is 6.53. The van der Waals surface area contributed by atoms with Crippen molar-refractivity contribution in [2.75, 3.05) is 19.0 Å². The molecule has 2 aliphatic rings. The molecule has 0 saturated carbocycles. The van der Waals surface area contributed by atoms with Gasteiger partial charge in [-0.2, -0.15) is 0 Å². The summed E-state index contributed by atoms with van der Waals surface area (Å²) in [6.45, 7) is 6.54. The van der Waals surface area contributed by atoms with Crippen LogP contribution in [0.2, 0.25) is 0 Å². The van der Waals surface area contributed by atoms with Crippen molar-refractivity contribution in [1.82, 2.24) is 0 Å². The van der Waals surface area contributed by atoms with Crippen molar-refractivity contribution in [3.8, 4) is 0 Å². The average Bonchev–Trinajstić information content (AvgIpc) is 3.01. The van der Waals surface area contributed by atoms with E-state index in [-0.39, 0.29) is 3.55 Å². The van der Waals surface area contributed by atoms with Crippen LogP contribution in [0, 0.1) is 0 Å². The fourth-order valence-corrected chi connectivity index (χ4v) is 9.87. The molecule has 0 saturated heterocycles.